The van der Waals surface area contributed by atoms with Crippen molar-refractivity contribution in [3.05, 3.63) is 56.7 Å². The van der Waals surface area contributed by atoms with Gasteiger partial charge in [-0.05, 0) is 0 Å². The fraction of sp³-hybridized carbons (Fsp3) is 0.278. The van der Waals surface area contributed by atoms with Crippen LogP contribution in [0, 0.1) is 5.41 Å². The number of hydrogen-bond acceptors (Lipinski definition) is 3. The zero-order valence-corrected chi connectivity index (χ0v) is 16.2. The van der Waals surface area contributed by atoms with E-state index < -0.39 is 0 Å². The number of carbonyl (C=O) groups excluding carboxylic acids is 1. The van der Waals surface area contributed by atoms with Gasteiger partial charge in [-0.1, -0.05) is 0 Å². The van der Waals surface area contributed by atoms with E-state index in [1.165, 1.54) is 4.44 Å². The molecule has 0 saturated carbocycles. The molecule has 3 aromatic rings. The van der Waals surface area contributed by atoms with Gasteiger partial charge in [0.05, 0.1) is 0 Å². The molecule has 0 spiro atoms. The number of nitrogens with zero attached hydrogens (tertiary/aromatic N) is 2. The Hall–Kier alpha value is -1.25. The molecule has 0 amide bonds. The van der Waals surface area contributed by atoms with Gasteiger partial charge in [-0.15, -0.1) is 0 Å². The summed E-state index contributed by atoms with van der Waals surface area (Å²) in [6.07, 6.45) is 1.77. The summed E-state index contributed by atoms with van der Waals surface area (Å²) >= 11 is 1.19. The van der Waals surface area contributed by atoms with Crippen molar-refractivity contribution in [3.63, 3.8) is 0 Å². The summed E-state index contributed by atoms with van der Waals surface area (Å²) in [6.45, 7) is 4.50. The maximum absolute atomic E-state index is 13.0. The van der Waals surface area contributed by atoms with E-state index in [0.29, 0.717) is 31.2 Å². The van der Waals surface area contributed by atoms with E-state index in [1.54, 1.807) is 10.6 Å². The number of aromatic nitrogens is 2. The normalized spacial score (nSPS) is 23.7. The van der Waals surface area contributed by atoms with Crippen LogP contribution in [0.4, 0.5) is 0 Å². The van der Waals surface area contributed by atoms with E-state index in [2.05, 4.69) is 18.8 Å². The molecule has 2 bridgehead atoms. The Morgan fingerprint density at radius 3 is 2.43 bits per heavy atom. The Balaban J connectivity index is 1.75. The number of ketones is 1. The van der Waals surface area contributed by atoms with Crippen molar-refractivity contribution >= 4 is 31.0 Å². The van der Waals surface area contributed by atoms with Crippen LogP contribution in [0.3, 0.4) is 0 Å². The van der Waals surface area contributed by atoms with Gasteiger partial charge in [0, 0.05) is 0 Å². The topological polar surface area (TPSA) is 42.9 Å². The van der Waals surface area contributed by atoms with Crippen molar-refractivity contribution in [3.8, 4) is 11.4 Å². The molecule has 3 nitrogen and oxygen atoms in total. The standard InChI is InChI=1S/C18H14N2OSe2/c1-18(2)11-13-10(14(21)12(18)16-15(11)22-23-16)8-19-17(20-13)9-6-4-3-5-7-9/h3-8,11-12H,1-2H3. The summed E-state index contributed by atoms with van der Waals surface area (Å²) < 4.78 is 3.05. The number of benzene rings is 1. The predicted octanol–water partition coefficient (Wildman–Crippen LogP) is 2.71. The molecular weight excluding hydrogens is 418 g/mol. The summed E-state index contributed by atoms with van der Waals surface area (Å²) in [7, 11) is 0. The van der Waals surface area contributed by atoms with E-state index >= 15 is 0 Å². The third-order valence-corrected chi connectivity index (χ3v) is 13.4. The van der Waals surface area contributed by atoms with Crippen LogP contribution in [0.15, 0.2) is 36.5 Å². The van der Waals surface area contributed by atoms with E-state index in [-0.39, 0.29) is 17.1 Å². The first-order chi connectivity index (χ1) is 11.1. The van der Waals surface area contributed by atoms with Crippen LogP contribution in [0.2, 0.25) is 0 Å². The monoisotopic (exact) mass is 434 g/mol. The molecular formula is C18H14N2OSe2. The SMILES string of the molecule is CC1(C)C2C(=O)c3cnc(-c4ccccc4)nc3C1c1[se][se]c12. The first-order valence-corrected chi connectivity index (χ1v) is 13.7. The first kappa shape index (κ1) is 14.1. The third-order valence-electron chi connectivity index (χ3n) is 5.13. The van der Waals surface area contributed by atoms with Crippen molar-refractivity contribution in [1.82, 2.24) is 9.97 Å². The van der Waals surface area contributed by atoms with E-state index in [9.17, 15) is 4.79 Å². The van der Waals surface area contributed by atoms with Crippen molar-refractivity contribution in [2.45, 2.75) is 25.7 Å². The maximum atomic E-state index is 13.0. The second-order valence-electron chi connectivity index (χ2n) is 6.81. The Labute approximate surface area is 144 Å². The third kappa shape index (κ3) is 1.74. The minimum absolute atomic E-state index is 0.0168. The Bertz CT molecular complexity index is 939. The molecule has 2 atom stereocenters. The first-order valence-electron chi connectivity index (χ1n) is 7.64. The number of carbonyl (C=O) groups is 1. The number of fused-ring (bicyclic) bond motifs is 7. The van der Waals surface area contributed by atoms with Gasteiger partial charge < -0.3 is 0 Å². The molecule has 2 aromatic heterocycles. The Morgan fingerprint density at radius 1 is 1.04 bits per heavy atom. The molecule has 1 aromatic carbocycles. The molecule has 2 aliphatic carbocycles. The summed E-state index contributed by atoms with van der Waals surface area (Å²) in [4.78, 5) is 22.4. The molecule has 5 rings (SSSR count). The zero-order chi connectivity index (χ0) is 15.8. The molecule has 114 valence electrons. The molecule has 5 heteroatoms. The molecule has 0 N–H and O–H groups in total. The second kappa shape index (κ2) is 4.64. The Kier molecular flexibility index (Phi) is 2.85. The van der Waals surface area contributed by atoms with Crippen LogP contribution >= 0.6 is 0 Å². The molecule has 0 radical (unpaired) electrons. The molecule has 0 saturated heterocycles. The van der Waals surface area contributed by atoms with Crippen molar-refractivity contribution < 1.29 is 4.79 Å². The second-order valence-corrected chi connectivity index (χ2v) is 13.0. The molecule has 2 aliphatic rings. The van der Waals surface area contributed by atoms with Gasteiger partial charge in [0.2, 0.25) is 0 Å². The van der Waals surface area contributed by atoms with Gasteiger partial charge in [0.15, 0.2) is 0 Å². The van der Waals surface area contributed by atoms with Gasteiger partial charge in [-0.25, -0.2) is 0 Å². The quantitative estimate of drug-likeness (QED) is 0.556. The van der Waals surface area contributed by atoms with E-state index in [0.717, 1.165) is 22.6 Å². The van der Waals surface area contributed by atoms with Crippen molar-refractivity contribution in [1.29, 1.82) is 0 Å². The van der Waals surface area contributed by atoms with Crippen LogP contribution in [0.1, 0.15) is 50.6 Å². The summed E-state index contributed by atoms with van der Waals surface area (Å²) in [6, 6.07) is 10.0. The van der Waals surface area contributed by atoms with Gasteiger partial charge in [0.25, 0.3) is 0 Å². The van der Waals surface area contributed by atoms with Crippen LogP contribution in [0.5, 0.6) is 0 Å². The molecule has 2 heterocycles. The number of hydrogen-bond donors (Lipinski definition) is 0. The number of rotatable bonds is 1. The van der Waals surface area contributed by atoms with Crippen LogP contribution < -0.4 is 0 Å². The van der Waals surface area contributed by atoms with E-state index in [4.69, 9.17) is 4.98 Å². The van der Waals surface area contributed by atoms with Gasteiger partial charge in [-0.3, -0.25) is 0 Å². The Morgan fingerprint density at radius 2 is 1.74 bits per heavy atom. The summed E-state index contributed by atoms with van der Waals surface area (Å²) in [5.41, 5.74) is 2.74. The number of Topliss-reactive ketones (excluding diaryl/α,β-unsaturated/α-hetero) is 1. The summed E-state index contributed by atoms with van der Waals surface area (Å²) in [5.74, 6) is 1.41. The van der Waals surface area contributed by atoms with E-state index in [1.807, 2.05) is 30.3 Å². The van der Waals surface area contributed by atoms with Crippen LogP contribution in [0.25, 0.3) is 11.4 Å². The molecule has 2 unspecified atom stereocenters. The van der Waals surface area contributed by atoms with Crippen molar-refractivity contribution in [2.75, 3.05) is 0 Å². The fourth-order valence-electron chi connectivity index (χ4n) is 3.98. The van der Waals surface area contributed by atoms with Crippen LogP contribution in [-0.2, 0) is 0 Å². The van der Waals surface area contributed by atoms with Crippen molar-refractivity contribution in [2.24, 2.45) is 5.41 Å². The summed E-state index contributed by atoms with van der Waals surface area (Å²) in [5, 5.41) is 0. The predicted molar refractivity (Wildman–Crippen MR) is 90.5 cm³/mol. The minimum atomic E-state index is -0.0168. The molecule has 23 heavy (non-hydrogen) atoms. The average molecular weight is 432 g/mol. The van der Waals surface area contributed by atoms with Gasteiger partial charge >= 0.3 is 145 Å². The van der Waals surface area contributed by atoms with Gasteiger partial charge in [0.1, 0.15) is 0 Å². The molecule has 0 aliphatic heterocycles. The average Bonchev–Trinajstić information content (AvgIpc) is 2.64. The molecule has 0 fully saturated rings. The van der Waals surface area contributed by atoms with Crippen LogP contribution in [-0.4, -0.2) is 41.0 Å². The van der Waals surface area contributed by atoms with Gasteiger partial charge in [-0.2, -0.15) is 0 Å². The fourth-order valence-corrected chi connectivity index (χ4v) is 12.3. The zero-order valence-electron chi connectivity index (χ0n) is 12.7.